The first kappa shape index (κ1) is 17.6. The first-order chi connectivity index (χ1) is 8.33. The van der Waals surface area contributed by atoms with Crippen molar-refractivity contribution in [1.82, 2.24) is 0 Å². The van der Waals surface area contributed by atoms with Crippen molar-refractivity contribution in [3.8, 4) is 0 Å². The van der Waals surface area contributed by atoms with Crippen molar-refractivity contribution in [1.29, 1.82) is 0 Å². The smallest absolute Gasteiger partial charge is 0.331 e. The summed E-state index contributed by atoms with van der Waals surface area (Å²) >= 11 is 0. The molecule has 0 aliphatic carbocycles. The van der Waals surface area contributed by atoms with Gasteiger partial charge in [-0.25, -0.2) is 0 Å². The summed E-state index contributed by atoms with van der Waals surface area (Å²) in [5.41, 5.74) is 0. The van der Waals surface area contributed by atoms with Crippen LogP contribution in [0, 0.1) is 0 Å². The lowest BCUT2D eigenvalue weighted by atomic mass is 9.96. The van der Waals surface area contributed by atoms with Crippen LogP contribution in [0.3, 0.4) is 0 Å². The highest BCUT2D eigenvalue weighted by molar-refractivity contribution is 7.53. The molecule has 0 aliphatic heterocycles. The molecule has 0 aromatic heterocycles. The molecule has 0 amide bonds. The highest BCUT2D eigenvalue weighted by Gasteiger charge is 2.43. The van der Waals surface area contributed by atoms with Crippen molar-refractivity contribution < 1.29 is 23.9 Å². The zero-order valence-electron chi connectivity index (χ0n) is 11.5. The van der Waals surface area contributed by atoms with Crippen LogP contribution in [0.1, 0.15) is 59.3 Å². The number of rotatable bonds is 9. The molecular formula is C12H25O5P. The van der Waals surface area contributed by atoms with Crippen LogP contribution in [0.2, 0.25) is 0 Å². The van der Waals surface area contributed by atoms with Gasteiger partial charge in [-0.15, -0.1) is 0 Å². The number of unbranched alkanes of at least 4 members (excludes halogenated alkanes) is 1. The van der Waals surface area contributed by atoms with Gasteiger partial charge < -0.3 is 14.5 Å². The molecule has 0 radical (unpaired) electrons. The molecule has 6 heteroatoms. The molecule has 0 aromatic rings. The summed E-state index contributed by atoms with van der Waals surface area (Å²) in [6.07, 6.45) is 2.72. The Morgan fingerprint density at radius 1 is 1.22 bits per heavy atom. The van der Waals surface area contributed by atoms with Gasteiger partial charge in [0.25, 0.3) is 0 Å². The fraction of sp³-hybridized carbons (Fsp3) is 0.917. The summed E-state index contributed by atoms with van der Waals surface area (Å²) in [5.74, 6) is -0.372. The molecule has 5 nitrogen and oxygen atoms in total. The summed E-state index contributed by atoms with van der Waals surface area (Å²) < 4.78 is 16.5. The number of carbonyl (C=O) groups excluding carboxylic acids is 1. The van der Waals surface area contributed by atoms with Crippen molar-refractivity contribution in [2.24, 2.45) is 0 Å². The van der Waals surface area contributed by atoms with Crippen LogP contribution in [0.25, 0.3) is 0 Å². The van der Waals surface area contributed by atoms with Crippen LogP contribution in [0.15, 0.2) is 0 Å². The van der Waals surface area contributed by atoms with Crippen LogP contribution < -0.4 is 0 Å². The van der Waals surface area contributed by atoms with E-state index in [9.17, 15) is 19.1 Å². The predicted octanol–water partition coefficient (Wildman–Crippen LogP) is 2.85. The van der Waals surface area contributed by atoms with Gasteiger partial charge in [-0.2, -0.15) is 0 Å². The molecule has 0 aliphatic rings. The first-order valence-corrected chi connectivity index (χ1v) is 8.15. The summed E-state index contributed by atoms with van der Waals surface area (Å²) in [6.45, 7) is 5.87. The Morgan fingerprint density at radius 2 is 1.78 bits per heavy atom. The van der Waals surface area contributed by atoms with Gasteiger partial charge in [-0.1, -0.05) is 27.2 Å². The lowest BCUT2D eigenvalue weighted by Gasteiger charge is -2.31. The second kappa shape index (κ2) is 7.93. The Kier molecular flexibility index (Phi) is 7.76. The molecule has 0 rings (SSSR count). The molecule has 0 saturated carbocycles. The largest absolute Gasteiger partial charge is 0.466 e. The van der Waals surface area contributed by atoms with Crippen molar-refractivity contribution >= 4 is 13.6 Å². The fourth-order valence-corrected chi connectivity index (χ4v) is 3.13. The lowest BCUT2D eigenvalue weighted by molar-refractivity contribution is -0.144. The number of esters is 1. The molecule has 0 bridgehead atoms. The summed E-state index contributed by atoms with van der Waals surface area (Å²) in [5, 5.41) is -1.09. The molecule has 0 atom stereocenters. The molecule has 108 valence electrons. The monoisotopic (exact) mass is 280 g/mol. The molecule has 0 fully saturated rings. The third-order valence-corrected chi connectivity index (χ3v) is 5.58. The Bertz CT molecular complexity index is 293. The van der Waals surface area contributed by atoms with Crippen LogP contribution in [-0.2, 0) is 14.1 Å². The third kappa shape index (κ3) is 5.09. The van der Waals surface area contributed by atoms with Crippen molar-refractivity contribution in [2.45, 2.75) is 64.5 Å². The van der Waals surface area contributed by atoms with Gasteiger partial charge >= 0.3 is 13.6 Å². The molecule has 2 N–H and O–H groups in total. The topological polar surface area (TPSA) is 83.8 Å². The zero-order chi connectivity index (χ0) is 14.2. The SMILES string of the molecule is CCCCOC(=O)CCC(CC)(CC)P(=O)(O)O. The second-order valence-electron chi connectivity index (χ2n) is 4.55. The Balaban J connectivity index is 4.37. The molecule has 0 aromatic carbocycles. The van der Waals surface area contributed by atoms with Gasteiger partial charge in [0, 0.05) is 6.42 Å². The van der Waals surface area contributed by atoms with Gasteiger partial charge in [-0.05, 0) is 25.7 Å². The molecule has 0 unspecified atom stereocenters. The van der Waals surface area contributed by atoms with Gasteiger partial charge in [0.05, 0.1) is 11.8 Å². The quantitative estimate of drug-likeness (QED) is 0.385. The molecule has 0 heterocycles. The summed E-state index contributed by atoms with van der Waals surface area (Å²) in [7, 11) is -4.20. The van der Waals surface area contributed by atoms with E-state index in [1.807, 2.05) is 6.92 Å². The van der Waals surface area contributed by atoms with Crippen LogP contribution >= 0.6 is 7.60 Å². The highest BCUT2D eigenvalue weighted by Crippen LogP contribution is 2.56. The molecule has 0 saturated heterocycles. The van der Waals surface area contributed by atoms with E-state index in [1.165, 1.54) is 0 Å². The van der Waals surface area contributed by atoms with Crippen molar-refractivity contribution in [2.75, 3.05) is 6.61 Å². The van der Waals surface area contributed by atoms with Crippen LogP contribution in [0.4, 0.5) is 0 Å². The van der Waals surface area contributed by atoms with Gasteiger partial charge in [0.2, 0.25) is 0 Å². The van der Waals surface area contributed by atoms with E-state index in [1.54, 1.807) is 13.8 Å². The van der Waals surface area contributed by atoms with Crippen LogP contribution in [0.5, 0.6) is 0 Å². The zero-order valence-corrected chi connectivity index (χ0v) is 12.4. The fourth-order valence-electron chi connectivity index (χ4n) is 1.90. The summed E-state index contributed by atoms with van der Waals surface area (Å²) in [4.78, 5) is 30.3. The third-order valence-electron chi connectivity index (χ3n) is 3.49. The Hall–Kier alpha value is -0.380. The minimum absolute atomic E-state index is 0.0660. The van der Waals surface area contributed by atoms with Gasteiger partial charge in [0.15, 0.2) is 0 Å². The lowest BCUT2D eigenvalue weighted by Crippen LogP contribution is -2.28. The van der Waals surface area contributed by atoms with E-state index < -0.39 is 12.8 Å². The number of ether oxygens (including phenoxy) is 1. The maximum absolute atomic E-state index is 11.5. The Labute approximate surface area is 109 Å². The average Bonchev–Trinajstić information content (AvgIpc) is 2.29. The van der Waals surface area contributed by atoms with E-state index >= 15 is 0 Å². The van der Waals surface area contributed by atoms with Gasteiger partial charge in [-0.3, -0.25) is 9.36 Å². The molecule has 0 spiro atoms. The molecule has 18 heavy (non-hydrogen) atoms. The van der Waals surface area contributed by atoms with E-state index in [-0.39, 0.29) is 18.8 Å². The van der Waals surface area contributed by atoms with E-state index in [0.29, 0.717) is 19.4 Å². The van der Waals surface area contributed by atoms with E-state index in [0.717, 1.165) is 12.8 Å². The minimum Gasteiger partial charge on any atom is -0.466 e. The summed E-state index contributed by atoms with van der Waals surface area (Å²) in [6, 6.07) is 0. The average molecular weight is 280 g/mol. The maximum atomic E-state index is 11.5. The van der Waals surface area contributed by atoms with Crippen LogP contribution in [-0.4, -0.2) is 27.5 Å². The molecular weight excluding hydrogens is 255 g/mol. The normalized spacial score (nSPS) is 12.5. The predicted molar refractivity (Wildman–Crippen MR) is 70.5 cm³/mol. The number of hydrogen-bond acceptors (Lipinski definition) is 3. The minimum atomic E-state index is -4.20. The van der Waals surface area contributed by atoms with E-state index in [2.05, 4.69) is 0 Å². The second-order valence-corrected chi connectivity index (χ2v) is 6.59. The standard InChI is InChI=1S/C12H25O5P/c1-4-7-10-17-11(13)8-9-12(5-2,6-3)18(14,15)16/h4-10H2,1-3H3,(H2,14,15,16). The number of carbonyl (C=O) groups is 1. The first-order valence-electron chi connectivity index (χ1n) is 6.54. The maximum Gasteiger partial charge on any atom is 0.331 e. The highest BCUT2D eigenvalue weighted by atomic mass is 31.2. The Morgan fingerprint density at radius 3 is 2.17 bits per heavy atom. The number of hydrogen-bond donors (Lipinski definition) is 2. The van der Waals surface area contributed by atoms with Crippen molar-refractivity contribution in [3.05, 3.63) is 0 Å². The van der Waals surface area contributed by atoms with Crippen molar-refractivity contribution in [3.63, 3.8) is 0 Å². The van der Waals surface area contributed by atoms with Gasteiger partial charge in [0.1, 0.15) is 0 Å². The van der Waals surface area contributed by atoms with E-state index in [4.69, 9.17) is 4.74 Å².